The number of aliphatic carboxylic acids is 1. The van der Waals surface area contributed by atoms with E-state index in [1.165, 1.54) is 12.1 Å². The Balaban J connectivity index is 2.93. The van der Waals surface area contributed by atoms with Crippen LogP contribution in [0, 0.1) is 10.1 Å². The van der Waals surface area contributed by atoms with Crippen LogP contribution in [0.4, 0.5) is 5.69 Å². The number of amides is 1. The van der Waals surface area contributed by atoms with Gasteiger partial charge >= 0.3 is 5.97 Å². The largest absolute Gasteiger partial charge is 0.480 e. The second-order valence-electron chi connectivity index (χ2n) is 4.21. The highest BCUT2D eigenvalue weighted by molar-refractivity contribution is 7.85. The third-order valence-electron chi connectivity index (χ3n) is 2.61. The maximum atomic E-state index is 11.9. The zero-order valence-electron chi connectivity index (χ0n) is 11.0. The fraction of sp³-hybridized carbons (Fsp3) is 0.273. The molecule has 0 heterocycles. The number of benzene rings is 1. The molecule has 1 amide bonds. The SMILES string of the molecule is O=C(N[C@@H](CCS(=O)(=O)O)C(=O)O)c1ccccc1[N+](=O)[O-]. The highest BCUT2D eigenvalue weighted by atomic mass is 32.2. The van der Waals surface area contributed by atoms with Crippen molar-refractivity contribution in [2.75, 3.05) is 5.75 Å². The summed E-state index contributed by atoms with van der Waals surface area (Å²) in [6.45, 7) is 0. The number of carboxylic acid groups (broad SMARTS) is 1. The van der Waals surface area contributed by atoms with Gasteiger partial charge in [-0.05, 0) is 12.5 Å². The Morgan fingerprint density at radius 3 is 2.41 bits per heavy atom. The van der Waals surface area contributed by atoms with Gasteiger partial charge in [-0.15, -0.1) is 0 Å². The Kier molecular flexibility index (Phi) is 5.54. The van der Waals surface area contributed by atoms with E-state index in [0.29, 0.717) is 0 Å². The molecule has 22 heavy (non-hydrogen) atoms. The average Bonchev–Trinajstić information content (AvgIpc) is 2.41. The summed E-state index contributed by atoms with van der Waals surface area (Å²) in [6.07, 6.45) is -0.583. The lowest BCUT2D eigenvalue weighted by Gasteiger charge is -2.13. The number of carboxylic acids is 1. The first kappa shape index (κ1) is 17.5. The summed E-state index contributed by atoms with van der Waals surface area (Å²) < 4.78 is 29.8. The summed E-state index contributed by atoms with van der Waals surface area (Å²) in [5.41, 5.74) is -0.871. The first-order valence-electron chi connectivity index (χ1n) is 5.84. The number of nitro benzene ring substituents is 1. The molecule has 10 nitrogen and oxygen atoms in total. The van der Waals surface area contributed by atoms with Crippen LogP contribution < -0.4 is 5.32 Å². The normalized spacial score (nSPS) is 12.4. The number of rotatable bonds is 7. The molecular formula is C11H12N2O8S. The van der Waals surface area contributed by atoms with Gasteiger partial charge < -0.3 is 10.4 Å². The molecule has 0 aliphatic rings. The van der Waals surface area contributed by atoms with Crippen molar-refractivity contribution in [1.82, 2.24) is 5.32 Å². The van der Waals surface area contributed by atoms with E-state index in [1.54, 1.807) is 0 Å². The molecule has 0 aliphatic carbocycles. The van der Waals surface area contributed by atoms with E-state index in [4.69, 9.17) is 9.66 Å². The van der Waals surface area contributed by atoms with Crippen LogP contribution in [0.25, 0.3) is 0 Å². The van der Waals surface area contributed by atoms with Crippen molar-refractivity contribution < 1.29 is 32.6 Å². The van der Waals surface area contributed by atoms with E-state index in [-0.39, 0.29) is 5.56 Å². The molecule has 0 spiro atoms. The number of nitrogens with one attached hydrogen (secondary N) is 1. The Morgan fingerprint density at radius 2 is 1.91 bits per heavy atom. The summed E-state index contributed by atoms with van der Waals surface area (Å²) in [6, 6.07) is 3.28. The third-order valence-corrected chi connectivity index (χ3v) is 3.36. The van der Waals surface area contributed by atoms with Crippen molar-refractivity contribution >= 4 is 27.7 Å². The quantitative estimate of drug-likeness (QED) is 0.358. The summed E-state index contributed by atoms with van der Waals surface area (Å²) >= 11 is 0. The summed E-state index contributed by atoms with van der Waals surface area (Å²) in [4.78, 5) is 32.9. The number of nitro groups is 1. The first-order chi connectivity index (χ1) is 10.1. The highest BCUT2D eigenvalue weighted by Crippen LogP contribution is 2.17. The van der Waals surface area contributed by atoms with Crippen LogP contribution in [-0.2, 0) is 14.9 Å². The van der Waals surface area contributed by atoms with Crippen molar-refractivity contribution in [3.8, 4) is 0 Å². The third kappa shape index (κ3) is 5.10. The molecule has 0 fully saturated rings. The number of para-hydroxylation sites is 1. The van der Waals surface area contributed by atoms with Gasteiger partial charge in [0.25, 0.3) is 21.7 Å². The molecule has 0 radical (unpaired) electrons. The van der Waals surface area contributed by atoms with Crippen LogP contribution in [0.2, 0.25) is 0 Å². The molecule has 1 rings (SSSR count). The van der Waals surface area contributed by atoms with Crippen LogP contribution in [0.15, 0.2) is 24.3 Å². The topological polar surface area (TPSA) is 164 Å². The van der Waals surface area contributed by atoms with Gasteiger partial charge in [-0.2, -0.15) is 8.42 Å². The van der Waals surface area contributed by atoms with Crippen molar-refractivity contribution in [2.24, 2.45) is 0 Å². The van der Waals surface area contributed by atoms with E-state index < -0.39 is 50.8 Å². The number of hydrogen-bond donors (Lipinski definition) is 3. The van der Waals surface area contributed by atoms with Crippen molar-refractivity contribution in [3.63, 3.8) is 0 Å². The number of nitrogens with zero attached hydrogens (tertiary/aromatic N) is 1. The van der Waals surface area contributed by atoms with E-state index in [1.807, 2.05) is 5.32 Å². The Hall–Kier alpha value is -2.53. The zero-order valence-corrected chi connectivity index (χ0v) is 11.8. The van der Waals surface area contributed by atoms with Crippen LogP contribution in [-0.4, -0.2) is 46.7 Å². The van der Waals surface area contributed by atoms with Crippen molar-refractivity contribution in [3.05, 3.63) is 39.9 Å². The number of carbonyl (C=O) groups is 2. The maximum absolute atomic E-state index is 11.9. The minimum absolute atomic E-state index is 0.356. The van der Waals surface area contributed by atoms with Crippen molar-refractivity contribution in [2.45, 2.75) is 12.5 Å². The molecule has 0 saturated heterocycles. The number of carbonyl (C=O) groups excluding carboxylic acids is 1. The van der Waals surface area contributed by atoms with Crippen LogP contribution in [0.5, 0.6) is 0 Å². The minimum atomic E-state index is -4.40. The van der Waals surface area contributed by atoms with Gasteiger partial charge in [-0.1, -0.05) is 12.1 Å². The summed E-state index contributed by atoms with van der Waals surface area (Å²) in [7, 11) is -4.40. The molecule has 0 bridgehead atoms. The molecule has 0 aliphatic heterocycles. The van der Waals surface area contributed by atoms with Crippen LogP contribution >= 0.6 is 0 Å². The molecule has 1 atom stereocenters. The first-order valence-corrected chi connectivity index (χ1v) is 7.45. The molecule has 0 aromatic heterocycles. The minimum Gasteiger partial charge on any atom is -0.480 e. The highest BCUT2D eigenvalue weighted by Gasteiger charge is 2.26. The van der Waals surface area contributed by atoms with Gasteiger partial charge in [0.1, 0.15) is 11.6 Å². The standard InChI is InChI=1S/C11H12N2O8S/c14-10(7-3-1-2-4-9(7)13(17)18)12-8(11(15)16)5-6-22(19,20)21/h1-4,8H,5-6H2,(H,12,14)(H,15,16)(H,19,20,21)/t8-/m0/s1. The number of hydrogen-bond acceptors (Lipinski definition) is 6. The monoisotopic (exact) mass is 332 g/mol. The second kappa shape index (κ2) is 6.95. The van der Waals surface area contributed by atoms with E-state index in [9.17, 15) is 28.1 Å². The fourth-order valence-corrected chi connectivity index (χ4v) is 2.12. The fourth-order valence-electron chi connectivity index (χ4n) is 1.59. The van der Waals surface area contributed by atoms with Gasteiger partial charge in [0.2, 0.25) is 0 Å². The Bertz CT molecular complexity index is 700. The molecule has 0 saturated carbocycles. The lowest BCUT2D eigenvalue weighted by Crippen LogP contribution is -2.42. The molecule has 11 heteroatoms. The van der Waals surface area contributed by atoms with Crippen LogP contribution in [0.3, 0.4) is 0 Å². The predicted molar refractivity (Wildman–Crippen MR) is 73.0 cm³/mol. The lowest BCUT2D eigenvalue weighted by molar-refractivity contribution is -0.385. The van der Waals surface area contributed by atoms with Gasteiger partial charge in [-0.25, -0.2) is 4.79 Å². The van der Waals surface area contributed by atoms with E-state index in [0.717, 1.165) is 12.1 Å². The van der Waals surface area contributed by atoms with E-state index >= 15 is 0 Å². The van der Waals surface area contributed by atoms with Gasteiger partial charge in [0.05, 0.1) is 10.7 Å². The molecule has 120 valence electrons. The summed E-state index contributed by atoms with van der Waals surface area (Å²) in [5.74, 6) is -3.44. The zero-order chi connectivity index (χ0) is 16.9. The van der Waals surface area contributed by atoms with Gasteiger partial charge in [0, 0.05) is 6.07 Å². The summed E-state index contributed by atoms with van der Waals surface area (Å²) in [5, 5.41) is 21.7. The molecule has 1 aromatic rings. The smallest absolute Gasteiger partial charge is 0.326 e. The molecular weight excluding hydrogens is 320 g/mol. The van der Waals surface area contributed by atoms with Crippen LogP contribution in [0.1, 0.15) is 16.8 Å². The second-order valence-corrected chi connectivity index (χ2v) is 5.79. The predicted octanol–water partition coefficient (Wildman–Crippen LogP) is 0.0557. The Morgan fingerprint density at radius 1 is 1.32 bits per heavy atom. The van der Waals surface area contributed by atoms with Gasteiger partial charge in [0.15, 0.2) is 0 Å². The molecule has 1 aromatic carbocycles. The molecule has 0 unspecified atom stereocenters. The lowest BCUT2D eigenvalue weighted by atomic mass is 10.1. The Labute approximate surface area is 124 Å². The van der Waals surface area contributed by atoms with Crippen molar-refractivity contribution in [1.29, 1.82) is 0 Å². The van der Waals surface area contributed by atoms with Gasteiger partial charge in [-0.3, -0.25) is 19.5 Å². The van der Waals surface area contributed by atoms with E-state index in [2.05, 4.69) is 0 Å². The molecule has 3 N–H and O–H groups in total. The average molecular weight is 332 g/mol. The maximum Gasteiger partial charge on any atom is 0.326 e.